The van der Waals surface area contributed by atoms with Gasteiger partial charge in [0.05, 0.1) is 27.7 Å². The van der Waals surface area contributed by atoms with E-state index in [9.17, 15) is 9.18 Å². The van der Waals surface area contributed by atoms with Gasteiger partial charge in [0, 0.05) is 19.5 Å². The topological polar surface area (TPSA) is 92.9 Å². The van der Waals surface area contributed by atoms with E-state index < -0.39 is 17.8 Å². The molecule has 1 saturated heterocycles. The van der Waals surface area contributed by atoms with Gasteiger partial charge in [0.25, 0.3) is 5.91 Å². The van der Waals surface area contributed by atoms with Crippen LogP contribution in [-0.2, 0) is 9.63 Å². The number of oxime groups is 1. The van der Waals surface area contributed by atoms with Gasteiger partial charge in [-0.2, -0.15) is 0 Å². The number of nitrogens with zero attached hydrogens (tertiary/aromatic N) is 4. The fourth-order valence-corrected chi connectivity index (χ4v) is 4.27. The van der Waals surface area contributed by atoms with Crippen LogP contribution >= 0.6 is 11.6 Å². The molecule has 8 nitrogen and oxygen atoms in total. The maximum Gasteiger partial charge on any atom is 0.268 e. The number of nitrogens with one attached hydrogen (secondary N) is 1. The van der Waals surface area contributed by atoms with Crippen molar-refractivity contribution in [1.29, 1.82) is 0 Å². The van der Waals surface area contributed by atoms with Crippen molar-refractivity contribution in [3.05, 3.63) is 46.7 Å². The highest BCUT2D eigenvalue weighted by Crippen LogP contribution is 2.32. The average Bonchev–Trinajstić information content (AvgIpc) is 3.45. The number of rotatable bonds is 4. The highest BCUT2D eigenvalue weighted by molar-refractivity contribution is 6.34. The fourth-order valence-electron chi connectivity index (χ4n) is 4.00. The number of halogens is 2. The van der Waals surface area contributed by atoms with E-state index in [-0.39, 0.29) is 22.7 Å². The quantitative estimate of drug-likeness (QED) is 0.651. The minimum atomic E-state index is -0.914. The molecule has 0 saturated carbocycles. The Labute approximate surface area is 181 Å². The molecule has 3 heterocycles. The third-order valence-electron chi connectivity index (χ3n) is 5.56. The van der Waals surface area contributed by atoms with Crippen LogP contribution in [-0.4, -0.2) is 41.1 Å². The van der Waals surface area contributed by atoms with E-state index in [2.05, 4.69) is 25.7 Å². The normalized spacial score (nSPS) is 18.7. The van der Waals surface area contributed by atoms with Crippen molar-refractivity contribution in [3.8, 4) is 0 Å². The zero-order valence-corrected chi connectivity index (χ0v) is 17.2. The van der Waals surface area contributed by atoms with Gasteiger partial charge in [-0.25, -0.2) is 9.02 Å². The lowest BCUT2D eigenvalue weighted by molar-refractivity contribution is -0.125. The first kappa shape index (κ1) is 19.7. The van der Waals surface area contributed by atoms with E-state index in [4.69, 9.17) is 21.1 Å². The lowest BCUT2D eigenvalue weighted by Crippen LogP contribution is -2.30. The first-order chi connectivity index (χ1) is 15.1. The Morgan fingerprint density at radius 2 is 1.94 bits per heavy atom. The molecule has 2 aromatic carbocycles. The third kappa shape index (κ3) is 3.69. The predicted molar refractivity (Wildman–Crippen MR) is 114 cm³/mol. The summed E-state index contributed by atoms with van der Waals surface area (Å²) in [5, 5.41) is 14.9. The number of anilines is 2. The molecule has 0 spiro atoms. The van der Waals surface area contributed by atoms with Crippen LogP contribution in [0.15, 0.2) is 40.1 Å². The van der Waals surface area contributed by atoms with E-state index in [1.165, 1.54) is 18.6 Å². The minimum absolute atomic E-state index is 0.0958. The molecule has 1 amide bonds. The van der Waals surface area contributed by atoms with E-state index in [0.717, 1.165) is 31.6 Å². The molecular formula is C21H19ClFN5O3. The standard InChI is InChI=1S/C21H19ClFN5O3/c22-12-5-4-6-13(23)18(12)15-11-17(30-25-15)21(29)24-14-7-8-16(20-19(14)26-31-27-20)28-9-2-1-3-10-28/h4-8,17H,1-3,9-11H2,(H,24,29). The second-order valence-corrected chi connectivity index (χ2v) is 7.97. The predicted octanol–water partition coefficient (Wildman–Crippen LogP) is 4.14. The second-order valence-electron chi connectivity index (χ2n) is 7.56. The summed E-state index contributed by atoms with van der Waals surface area (Å²) in [5.74, 6) is -0.944. The number of hydrogen-bond donors (Lipinski definition) is 1. The zero-order valence-electron chi connectivity index (χ0n) is 16.5. The van der Waals surface area contributed by atoms with Crippen LogP contribution in [0.5, 0.6) is 0 Å². The molecule has 5 rings (SSSR count). The summed E-state index contributed by atoms with van der Waals surface area (Å²) in [6.07, 6.45) is 2.65. The van der Waals surface area contributed by atoms with Gasteiger partial charge in [0.1, 0.15) is 5.82 Å². The number of amides is 1. The molecule has 0 bridgehead atoms. The summed E-state index contributed by atoms with van der Waals surface area (Å²) in [7, 11) is 0. The van der Waals surface area contributed by atoms with Gasteiger partial charge < -0.3 is 15.1 Å². The van der Waals surface area contributed by atoms with Crippen molar-refractivity contribution in [3.63, 3.8) is 0 Å². The third-order valence-corrected chi connectivity index (χ3v) is 5.88. The van der Waals surface area contributed by atoms with Crippen LogP contribution in [0.4, 0.5) is 15.8 Å². The smallest absolute Gasteiger partial charge is 0.268 e. The number of aromatic nitrogens is 2. The molecule has 1 unspecified atom stereocenters. The lowest BCUT2D eigenvalue weighted by atomic mass is 10.0. The fraction of sp³-hybridized carbons (Fsp3) is 0.333. The number of hydrogen-bond acceptors (Lipinski definition) is 7. The summed E-state index contributed by atoms with van der Waals surface area (Å²) >= 11 is 6.09. The SMILES string of the molecule is O=C(Nc1ccc(N2CCCCC2)c2nonc12)C1CC(c2c(F)cccc2Cl)=NO1. The second kappa shape index (κ2) is 8.14. The molecule has 160 valence electrons. The summed E-state index contributed by atoms with van der Waals surface area (Å²) < 4.78 is 19.1. The molecule has 1 fully saturated rings. The van der Waals surface area contributed by atoms with Crippen LogP contribution < -0.4 is 10.2 Å². The Balaban J connectivity index is 1.33. The Morgan fingerprint density at radius 3 is 2.74 bits per heavy atom. The Morgan fingerprint density at radius 1 is 1.13 bits per heavy atom. The van der Waals surface area contributed by atoms with Crippen LogP contribution in [0.3, 0.4) is 0 Å². The van der Waals surface area contributed by atoms with E-state index in [1.807, 2.05) is 6.07 Å². The van der Waals surface area contributed by atoms with Gasteiger partial charge in [-0.3, -0.25) is 4.79 Å². The zero-order chi connectivity index (χ0) is 21.4. The molecule has 10 heteroatoms. The van der Waals surface area contributed by atoms with Crippen LogP contribution in [0.1, 0.15) is 31.2 Å². The molecule has 3 aromatic rings. The Hall–Kier alpha value is -3.20. The number of fused-ring (bicyclic) bond motifs is 1. The summed E-state index contributed by atoms with van der Waals surface area (Å²) in [4.78, 5) is 20.3. The molecule has 2 aliphatic rings. The number of carbonyl (C=O) groups excluding carboxylic acids is 1. The van der Waals surface area contributed by atoms with Gasteiger partial charge in [0.2, 0.25) is 6.10 Å². The molecule has 1 N–H and O–H groups in total. The highest BCUT2D eigenvalue weighted by Gasteiger charge is 2.32. The van der Waals surface area contributed by atoms with Crippen molar-refractivity contribution in [1.82, 2.24) is 10.3 Å². The highest BCUT2D eigenvalue weighted by atomic mass is 35.5. The van der Waals surface area contributed by atoms with Gasteiger partial charge in [0.15, 0.2) is 11.0 Å². The molecular weight excluding hydrogens is 425 g/mol. The maximum absolute atomic E-state index is 14.2. The van der Waals surface area contributed by atoms with Crippen LogP contribution in [0, 0.1) is 5.82 Å². The molecule has 1 atom stereocenters. The van der Waals surface area contributed by atoms with Crippen molar-refractivity contribution in [2.24, 2.45) is 5.16 Å². The number of carbonyl (C=O) groups is 1. The van der Waals surface area contributed by atoms with Crippen molar-refractivity contribution < 1.29 is 18.7 Å². The van der Waals surface area contributed by atoms with Crippen LogP contribution in [0.2, 0.25) is 5.02 Å². The van der Waals surface area contributed by atoms with E-state index >= 15 is 0 Å². The Bertz CT molecular complexity index is 1150. The summed E-state index contributed by atoms with van der Waals surface area (Å²) in [6, 6.07) is 8.04. The number of benzene rings is 2. The lowest BCUT2D eigenvalue weighted by Gasteiger charge is -2.28. The molecule has 0 radical (unpaired) electrons. The van der Waals surface area contributed by atoms with Gasteiger partial charge in [-0.05, 0) is 53.8 Å². The molecule has 31 heavy (non-hydrogen) atoms. The summed E-state index contributed by atoms with van der Waals surface area (Å²) in [6.45, 7) is 1.89. The monoisotopic (exact) mass is 443 g/mol. The first-order valence-corrected chi connectivity index (χ1v) is 10.5. The van der Waals surface area contributed by atoms with Crippen molar-refractivity contribution in [2.75, 3.05) is 23.3 Å². The van der Waals surface area contributed by atoms with Crippen molar-refractivity contribution in [2.45, 2.75) is 31.8 Å². The van der Waals surface area contributed by atoms with Gasteiger partial charge in [-0.15, -0.1) is 0 Å². The Kier molecular flexibility index (Phi) is 5.19. The van der Waals surface area contributed by atoms with Crippen molar-refractivity contribution >= 4 is 45.6 Å². The first-order valence-electron chi connectivity index (χ1n) is 10.1. The number of piperidine rings is 1. The summed E-state index contributed by atoms with van der Waals surface area (Å²) in [5.41, 5.74) is 2.90. The minimum Gasteiger partial charge on any atom is -0.382 e. The molecule has 0 aliphatic carbocycles. The maximum atomic E-state index is 14.2. The molecule has 1 aromatic heterocycles. The largest absolute Gasteiger partial charge is 0.382 e. The average molecular weight is 444 g/mol. The molecule has 2 aliphatic heterocycles. The van der Waals surface area contributed by atoms with Gasteiger partial charge in [-0.1, -0.05) is 22.8 Å². The van der Waals surface area contributed by atoms with Gasteiger partial charge >= 0.3 is 0 Å². The van der Waals surface area contributed by atoms with Crippen LogP contribution in [0.25, 0.3) is 11.0 Å². The van der Waals surface area contributed by atoms with E-state index in [1.54, 1.807) is 12.1 Å². The van der Waals surface area contributed by atoms with E-state index in [0.29, 0.717) is 16.7 Å².